The average molecular weight is 279 g/mol. The molecule has 104 valence electrons. The number of pyridine rings is 1. The van der Waals surface area contributed by atoms with Crippen LogP contribution in [0.4, 0.5) is 8.78 Å². The molecule has 0 saturated carbocycles. The summed E-state index contributed by atoms with van der Waals surface area (Å²) >= 11 is 0. The number of amidine groups is 1. The average Bonchev–Trinajstić information content (AvgIpc) is 2.41. The molecule has 0 bridgehead atoms. The molecule has 0 radical (unpaired) electrons. The number of aryl methyl sites for hydroxylation is 1. The predicted molar refractivity (Wildman–Crippen MR) is 67.9 cm³/mol. The van der Waals surface area contributed by atoms with Crippen LogP contribution >= 0.6 is 0 Å². The normalized spacial score (nSPS) is 11.4. The summed E-state index contributed by atoms with van der Waals surface area (Å²) in [4.78, 5) is 4.01. The molecule has 3 N–H and O–H groups in total. The Bertz CT molecular complexity index is 675. The first-order chi connectivity index (χ1) is 9.49. The van der Waals surface area contributed by atoms with Gasteiger partial charge < -0.3 is 15.7 Å². The molecule has 2 aromatic rings. The molecule has 0 aliphatic rings. The third-order valence-corrected chi connectivity index (χ3v) is 2.44. The van der Waals surface area contributed by atoms with E-state index in [1.807, 2.05) is 0 Å². The van der Waals surface area contributed by atoms with Gasteiger partial charge in [-0.1, -0.05) is 5.16 Å². The number of nitrogens with two attached hydrogens (primary N) is 1. The molecular weight excluding hydrogens is 268 g/mol. The van der Waals surface area contributed by atoms with Crippen LogP contribution < -0.4 is 10.5 Å². The fourth-order valence-corrected chi connectivity index (χ4v) is 1.56. The van der Waals surface area contributed by atoms with Gasteiger partial charge in [0.15, 0.2) is 17.4 Å². The summed E-state index contributed by atoms with van der Waals surface area (Å²) in [6, 6.07) is 5.75. The molecule has 1 aromatic carbocycles. The summed E-state index contributed by atoms with van der Waals surface area (Å²) in [5.41, 5.74) is 6.33. The predicted octanol–water partition coefficient (Wildman–Crippen LogP) is 2.56. The Morgan fingerprint density at radius 3 is 2.75 bits per heavy atom. The molecule has 5 nitrogen and oxygen atoms in total. The van der Waals surface area contributed by atoms with Gasteiger partial charge in [-0.05, 0) is 25.1 Å². The van der Waals surface area contributed by atoms with Crippen molar-refractivity contribution >= 4 is 5.84 Å². The lowest BCUT2D eigenvalue weighted by atomic mass is 10.2. The highest BCUT2D eigenvalue weighted by atomic mass is 19.1. The van der Waals surface area contributed by atoms with Gasteiger partial charge in [0.2, 0.25) is 5.88 Å². The molecule has 1 heterocycles. The fourth-order valence-electron chi connectivity index (χ4n) is 1.56. The van der Waals surface area contributed by atoms with Gasteiger partial charge in [-0.15, -0.1) is 0 Å². The lowest BCUT2D eigenvalue weighted by molar-refractivity contribution is 0.318. The van der Waals surface area contributed by atoms with Gasteiger partial charge in [0, 0.05) is 23.4 Å². The summed E-state index contributed by atoms with van der Waals surface area (Å²) in [6.45, 7) is 1.66. The van der Waals surface area contributed by atoms with Crippen molar-refractivity contribution in [2.45, 2.75) is 6.92 Å². The van der Waals surface area contributed by atoms with Crippen LogP contribution in [0.2, 0.25) is 0 Å². The monoisotopic (exact) mass is 279 g/mol. The number of aromatic nitrogens is 1. The lowest BCUT2D eigenvalue weighted by Crippen LogP contribution is -2.13. The molecule has 0 saturated heterocycles. The number of benzene rings is 1. The first-order valence-corrected chi connectivity index (χ1v) is 5.59. The molecule has 1 aromatic heterocycles. The topological polar surface area (TPSA) is 80.7 Å². The van der Waals surface area contributed by atoms with Crippen molar-refractivity contribution in [1.82, 2.24) is 4.98 Å². The maximum absolute atomic E-state index is 13.5. The number of rotatable bonds is 3. The van der Waals surface area contributed by atoms with Crippen LogP contribution in [-0.2, 0) is 0 Å². The first kappa shape index (κ1) is 13.7. The highest BCUT2D eigenvalue weighted by Crippen LogP contribution is 2.24. The van der Waals surface area contributed by atoms with E-state index in [-0.39, 0.29) is 17.5 Å². The van der Waals surface area contributed by atoms with Crippen LogP contribution in [-0.4, -0.2) is 16.0 Å². The van der Waals surface area contributed by atoms with Gasteiger partial charge in [-0.3, -0.25) is 0 Å². The fraction of sp³-hybridized carbons (Fsp3) is 0.0769. The van der Waals surface area contributed by atoms with Gasteiger partial charge in [0.1, 0.15) is 5.82 Å². The molecule has 0 spiro atoms. The summed E-state index contributed by atoms with van der Waals surface area (Å²) < 4.78 is 31.7. The van der Waals surface area contributed by atoms with Crippen LogP contribution in [0.1, 0.15) is 11.3 Å². The van der Waals surface area contributed by atoms with E-state index in [2.05, 4.69) is 10.1 Å². The molecule has 20 heavy (non-hydrogen) atoms. The van der Waals surface area contributed by atoms with Crippen molar-refractivity contribution in [3.05, 3.63) is 53.2 Å². The van der Waals surface area contributed by atoms with Crippen LogP contribution in [0.3, 0.4) is 0 Å². The van der Waals surface area contributed by atoms with E-state index in [9.17, 15) is 8.78 Å². The zero-order valence-electron chi connectivity index (χ0n) is 10.5. The van der Waals surface area contributed by atoms with Gasteiger partial charge in [0.05, 0.1) is 0 Å². The highest BCUT2D eigenvalue weighted by Gasteiger charge is 2.10. The number of nitrogens with zero attached hydrogens (tertiary/aromatic N) is 2. The van der Waals surface area contributed by atoms with Gasteiger partial charge in [-0.25, -0.2) is 13.8 Å². The molecular formula is C13H11F2N3O2. The standard InChI is InChI=1S/C13H11F2N3O2/c1-7-4-8(13(16)18-19)5-12(17-7)20-11-6-9(14)2-3-10(11)15/h2-6,19H,1H3,(H2,16,18). The van der Waals surface area contributed by atoms with Crippen molar-refractivity contribution in [2.75, 3.05) is 0 Å². The van der Waals surface area contributed by atoms with Crippen molar-refractivity contribution in [3.8, 4) is 11.6 Å². The van der Waals surface area contributed by atoms with E-state index < -0.39 is 11.6 Å². The number of ether oxygens (including phenoxy) is 1. The minimum Gasteiger partial charge on any atom is -0.436 e. The largest absolute Gasteiger partial charge is 0.436 e. The van der Waals surface area contributed by atoms with E-state index in [0.29, 0.717) is 11.3 Å². The van der Waals surface area contributed by atoms with E-state index >= 15 is 0 Å². The summed E-state index contributed by atoms with van der Waals surface area (Å²) in [6.07, 6.45) is 0. The molecule has 0 amide bonds. The summed E-state index contributed by atoms with van der Waals surface area (Å²) in [5.74, 6) is -1.78. The second kappa shape index (κ2) is 5.52. The molecule has 0 aliphatic carbocycles. The van der Waals surface area contributed by atoms with Crippen molar-refractivity contribution in [1.29, 1.82) is 0 Å². The molecule has 0 unspecified atom stereocenters. The van der Waals surface area contributed by atoms with Crippen molar-refractivity contribution in [2.24, 2.45) is 10.9 Å². The SMILES string of the molecule is Cc1cc(/C(N)=N/O)cc(Oc2cc(F)ccc2F)n1. The van der Waals surface area contributed by atoms with E-state index in [1.165, 1.54) is 6.07 Å². The molecule has 7 heteroatoms. The summed E-state index contributed by atoms with van der Waals surface area (Å²) in [5, 5.41) is 11.5. The number of halogens is 2. The molecule has 0 atom stereocenters. The Kier molecular flexibility index (Phi) is 3.79. The van der Waals surface area contributed by atoms with Gasteiger partial charge >= 0.3 is 0 Å². The Morgan fingerprint density at radius 2 is 2.05 bits per heavy atom. The Balaban J connectivity index is 2.38. The van der Waals surface area contributed by atoms with Crippen LogP contribution in [0.25, 0.3) is 0 Å². The van der Waals surface area contributed by atoms with Crippen LogP contribution in [0, 0.1) is 18.6 Å². The molecule has 0 fully saturated rings. The second-order valence-corrected chi connectivity index (χ2v) is 4.00. The summed E-state index contributed by atoms with van der Waals surface area (Å²) in [7, 11) is 0. The zero-order chi connectivity index (χ0) is 14.7. The Labute approximate surface area is 113 Å². The quantitative estimate of drug-likeness (QED) is 0.391. The first-order valence-electron chi connectivity index (χ1n) is 5.59. The zero-order valence-corrected chi connectivity index (χ0v) is 10.5. The van der Waals surface area contributed by atoms with Crippen molar-refractivity contribution in [3.63, 3.8) is 0 Å². The Hall–Kier alpha value is -2.70. The van der Waals surface area contributed by atoms with Crippen LogP contribution in [0.5, 0.6) is 11.6 Å². The third-order valence-electron chi connectivity index (χ3n) is 2.44. The van der Waals surface area contributed by atoms with Gasteiger partial charge in [0.25, 0.3) is 0 Å². The van der Waals surface area contributed by atoms with E-state index in [4.69, 9.17) is 15.7 Å². The maximum atomic E-state index is 13.5. The maximum Gasteiger partial charge on any atom is 0.220 e. The number of oxime groups is 1. The highest BCUT2D eigenvalue weighted by molar-refractivity contribution is 5.97. The molecule has 0 aliphatic heterocycles. The number of hydrogen-bond acceptors (Lipinski definition) is 4. The smallest absolute Gasteiger partial charge is 0.220 e. The Morgan fingerprint density at radius 1 is 1.30 bits per heavy atom. The third kappa shape index (κ3) is 3.00. The molecule has 2 rings (SSSR count). The number of hydrogen-bond donors (Lipinski definition) is 2. The minimum atomic E-state index is -0.722. The second-order valence-electron chi connectivity index (χ2n) is 4.00. The lowest BCUT2D eigenvalue weighted by Gasteiger charge is -2.08. The minimum absolute atomic E-state index is 0.0103. The van der Waals surface area contributed by atoms with Crippen molar-refractivity contribution < 1.29 is 18.7 Å². The van der Waals surface area contributed by atoms with Crippen LogP contribution in [0.15, 0.2) is 35.5 Å². The van der Waals surface area contributed by atoms with E-state index in [1.54, 1.807) is 13.0 Å². The van der Waals surface area contributed by atoms with E-state index in [0.717, 1.165) is 18.2 Å². The van der Waals surface area contributed by atoms with Gasteiger partial charge in [-0.2, -0.15) is 0 Å².